The number of nitrogens with zero attached hydrogens (tertiary/aromatic N) is 2. The molecule has 3 atom stereocenters. The van der Waals surface area contributed by atoms with Crippen LogP contribution in [0.1, 0.15) is 38.2 Å². The lowest BCUT2D eigenvalue weighted by atomic mass is 9.84. The Bertz CT molecular complexity index is 661. The summed E-state index contributed by atoms with van der Waals surface area (Å²) < 4.78 is 2.77. The van der Waals surface area contributed by atoms with E-state index in [1.54, 1.807) is 18.7 Å². The Morgan fingerprint density at radius 2 is 1.86 bits per heavy atom. The van der Waals surface area contributed by atoms with E-state index in [4.69, 9.17) is 0 Å². The number of hydrogen-bond acceptors (Lipinski definition) is 3. The lowest BCUT2D eigenvalue weighted by Gasteiger charge is -2.38. The van der Waals surface area contributed by atoms with Crippen LogP contribution in [0.15, 0.2) is 9.59 Å². The molecule has 0 bridgehead atoms. The molecule has 2 aliphatic rings. The molecule has 1 fully saturated rings. The Balaban J connectivity index is 1.96. The van der Waals surface area contributed by atoms with E-state index in [0.717, 1.165) is 18.8 Å². The molecule has 1 aliphatic heterocycles. The fourth-order valence-corrected chi connectivity index (χ4v) is 3.97. The second-order valence-corrected chi connectivity index (χ2v) is 6.59. The Kier molecular flexibility index (Phi) is 3.65. The maximum atomic E-state index is 12.4. The van der Waals surface area contributed by atoms with Gasteiger partial charge < -0.3 is 10.2 Å². The zero-order valence-electron chi connectivity index (χ0n) is 13.1. The summed E-state index contributed by atoms with van der Waals surface area (Å²) in [5.74, 6) is 1.41. The van der Waals surface area contributed by atoms with E-state index in [9.17, 15) is 9.59 Å². The second kappa shape index (κ2) is 5.33. The number of aromatic nitrogens is 2. The van der Waals surface area contributed by atoms with Gasteiger partial charge in [-0.2, -0.15) is 0 Å². The van der Waals surface area contributed by atoms with Crippen molar-refractivity contribution in [3.63, 3.8) is 0 Å². The van der Waals surface area contributed by atoms with Gasteiger partial charge >= 0.3 is 5.69 Å². The van der Waals surface area contributed by atoms with Gasteiger partial charge in [0.2, 0.25) is 0 Å². The number of nitrogens with one attached hydrogen (secondary N) is 2. The second-order valence-electron chi connectivity index (χ2n) is 6.59. The van der Waals surface area contributed by atoms with Crippen molar-refractivity contribution >= 4 is 5.82 Å². The van der Waals surface area contributed by atoms with Crippen LogP contribution in [0.2, 0.25) is 0 Å². The van der Waals surface area contributed by atoms with Crippen molar-refractivity contribution in [1.29, 1.82) is 0 Å². The summed E-state index contributed by atoms with van der Waals surface area (Å²) in [6.45, 7) is 3.84. The first-order valence-corrected chi connectivity index (χ1v) is 7.88. The molecule has 2 heterocycles. The topological polar surface area (TPSA) is 60.5 Å². The van der Waals surface area contributed by atoms with Gasteiger partial charge in [0.25, 0.3) is 5.56 Å². The van der Waals surface area contributed by atoms with Crippen molar-refractivity contribution in [2.24, 2.45) is 20.0 Å². The van der Waals surface area contributed by atoms with Crippen molar-refractivity contribution < 1.29 is 4.90 Å². The first kappa shape index (κ1) is 14.4. The van der Waals surface area contributed by atoms with Gasteiger partial charge in [0, 0.05) is 20.0 Å². The van der Waals surface area contributed by atoms with Gasteiger partial charge in [-0.05, 0) is 19.3 Å². The summed E-state index contributed by atoms with van der Waals surface area (Å²) in [7, 11) is 3.28. The van der Waals surface area contributed by atoms with Crippen LogP contribution in [-0.4, -0.2) is 21.8 Å². The monoisotopic (exact) mass is 293 g/mol. The normalized spacial score (nSPS) is 28.8. The molecule has 0 spiro atoms. The minimum absolute atomic E-state index is 0.152. The average Bonchev–Trinajstić information content (AvgIpc) is 2.51. The van der Waals surface area contributed by atoms with E-state index in [2.05, 4.69) is 12.2 Å². The third kappa shape index (κ3) is 2.31. The van der Waals surface area contributed by atoms with Crippen molar-refractivity contribution in [3.8, 4) is 0 Å². The highest BCUT2D eigenvalue weighted by Gasteiger charge is 2.34. The Morgan fingerprint density at radius 1 is 1.14 bits per heavy atom. The van der Waals surface area contributed by atoms with Crippen LogP contribution in [0.3, 0.4) is 0 Å². The molecule has 1 saturated carbocycles. The maximum Gasteiger partial charge on any atom is 0.332 e. The predicted octanol–water partition coefficient (Wildman–Crippen LogP) is -0.569. The number of rotatable bonds is 1. The molecule has 1 aliphatic carbocycles. The number of hydrogen-bond donors (Lipinski definition) is 2. The average molecular weight is 293 g/mol. The fraction of sp³-hybridized carbons (Fsp3) is 0.733. The van der Waals surface area contributed by atoms with Crippen LogP contribution < -0.4 is 21.5 Å². The summed E-state index contributed by atoms with van der Waals surface area (Å²) in [5.41, 5.74) is 0.334. The molecule has 1 unspecified atom stereocenters. The highest BCUT2D eigenvalue weighted by atomic mass is 16.2. The van der Waals surface area contributed by atoms with E-state index in [1.807, 2.05) is 0 Å². The lowest BCUT2D eigenvalue weighted by Crippen LogP contribution is -3.17. The van der Waals surface area contributed by atoms with E-state index in [-0.39, 0.29) is 11.2 Å². The largest absolute Gasteiger partial charge is 0.332 e. The Morgan fingerprint density at radius 3 is 2.57 bits per heavy atom. The highest BCUT2D eigenvalue weighted by molar-refractivity contribution is 5.43. The first-order valence-electron chi connectivity index (χ1n) is 7.88. The standard InChI is InChI=1S/C15H24N4O2/c1-10-6-4-5-7-12(10)19-8-11-13(16-9-19)17(2)15(21)18(3)14(11)20/h10,12,16H,4-9H2,1-3H3/p+1/t10-,12+/m1/s1. The molecule has 1 aromatic heterocycles. The van der Waals surface area contributed by atoms with Gasteiger partial charge in [0.05, 0.1) is 6.04 Å². The molecule has 116 valence electrons. The third-order valence-corrected chi connectivity index (χ3v) is 5.28. The van der Waals surface area contributed by atoms with E-state index in [0.29, 0.717) is 17.8 Å². The molecular formula is C15H25N4O2+. The van der Waals surface area contributed by atoms with Crippen LogP contribution in [0.4, 0.5) is 5.82 Å². The van der Waals surface area contributed by atoms with Crippen LogP contribution in [0, 0.1) is 5.92 Å². The van der Waals surface area contributed by atoms with Gasteiger partial charge in [-0.15, -0.1) is 0 Å². The summed E-state index contributed by atoms with van der Waals surface area (Å²) in [6.07, 6.45) is 5.13. The molecule has 0 aromatic carbocycles. The Hall–Kier alpha value is -1.56. The van der Waals surface area contributed by atoms with Gasteiger partial charge in [0.15, 0.2) is 6.67 Å². The van der Waals surface area contributed by atoms with Crippen LogP contribution in [0.5, 0.6) is 0 Å². The lowest BCUT2D eigenvalue weighted by molar-refractivity contribution is -0.942. The predicted molar refractivity (Wildman–Crippen MR) is 81.5 cm³/mol. The minimum Gasteiger partial charge on any atom is -0.324 e. The maximum absolute atomic E-state index is 12.4. The van der Waals surface area contributed by atoms with Crippen LogP contribution in [-0.2, 0) is 20.6 Å². The SMILES string of the molecule is C[C@@H]1CCCC[C@@H]1[NH+]1CNc2c(c(=O)n(C)c(=O)n2C)C1. The minimum atomic E-state index is -0.263. The van der Waals surface area contributed by atoms with Crippen LogP contribution in [0.25, 0.3) is 0 Å². The summed E-state index contributed by atoms with van der Waals surface area (Å²) in [6, 6.07) is 0.612. The van der Waals surface area contributed by atoms with Gasteiger partial charge in [-0.1, -0.05) is 13.3 Å². The van der Waals surface area contributed by atoms with Crippen molar-refractivity contribution in [3.05, 3.63) is 26.4 Å². The van der Waals surface area contributed by atoms with Gasteiger partial charge in [-0.25, -0.2) is 4.79 Å². The van der Waals surface area contributed by atoms with Gasteiger partial charge in [0.1, 0.15) is 17.9 Å². The molecule has 21 heavy (non-hydrogen) atoms. The number of quaternary nitrogens is 1. The zero-order valence-corrected chi connectivity index (χ0v) is 13.1. The number of anilines is 1. The number of fused-ring (bicyclic) bond motifs is 1. The van der Waals surface area contributed by atoms with Crippen LogP contribution >= 0.6 is 0 Å². The molecule has 3 rings (SSSR count). The van der Waals surface area contributed by atoms with Crippen molar-refractivity contribution in [2.75, 3.05) is 12.0 Å². The first-order chi connectivity index (χ1) is 10.0. The van der Waals surface area contributed by atoms with E-state index < -0.39 is 0 Å². The molecule has 6 nitrogen and oxygen atoms in total. The molecule has 2 N–H and O–H groups in total. The molecule has 0 amide bonds. The molecular weight excluding hydrogens is 268 g/mol. The highest BCUT2D eigenvalue weighted by Crippen LogP contribution is 2.22. The fourth-order valence-electron chi connectivity index (χ4n) is 3.97. The quantitative estimate of drug-likeness (QED) is 0.729. The molecule has 1 aromatic rings. The molecule has 0 radical (unpaired) electrons. The third-order valence-electron chi connectivity index (χ3n) is 5.28. The summed E-state index contributed by atoms with van der Waals surface area (Å²) in [4.78, 5) is 25.8. The summed E-state index contributed by atoms with van der Waals surface area (Å²) >= 11 is 0. The molecule has 0 saturated heterocycles. The van der Waals surface area contributed by atoms with Crippen molar-refractivity contribution in [1.82, 2.24) is 9.13 Å². The van der Waals surface area contributed by atoms with E-state index in [1.165, 1.54) is 35.2 Å². The Labute approximate surface area is 124 Å². The van der Waals surface area contributed by atoms with E-state index >= 15 is 0 Å². The van der Waals surface area contributed by atoms with Gasteiger partial charge in [-0.3, -0.25) is 13.9 Å². The smallest absolute Gasteiger partial charge is 0.324 e. The molecule has 6 heteroatoms. The summed E-state index contributed by atoms with van der Waals surface area (Å²) in [5, 5.41) is 3.32. The van der Waals surface area contributed by atoms with Crippen molar-refractivity contribution in [2.45, 2.75) is 45.2 Å². The zero-order chi connectivity index (χ0) is 15.1.